The van der Waals surface area contributed by atoms with Crippen molar-refractivity contribution in [2.24, 2.45) is 0 Å². The van der Waals surface area contributed by atoms with Crippen LogP contribution in [0.15, 0.2) is 35.7 Å². The Bertz CT molecular complexity index is 504. The van der Waals surface area contributed by atoms with Crippen molar-refractivity contribution >= 4 is 11.8 Å². The van der Waals surface area contributed by atoms with Crippen molar-refractivity contribution in [3.63, 3.8) is 0 Å². The minimum Gasteiger partial charge on any atom is -0.392 e. The fourth-order valence-corrected chi connectivity index (χ4v) is 2.47. The predicted molar refractivity (Wildman–Crippen MR) is 75.1 cm³/mol. The fraction of sp³-hybridized carbons (Fsp3) is 0.385. The maximum atomic E-state index is 10.0. The van der Waals surface area contributed by atoms with E-state index in [2.05, 4.69) is 15.2 Å². The average Bonchev–Trinajstić information content (AvgIpc) is 2.98. The van der Waals surface area contributed by atoms with E-state index in [9.17, 15) is 10.2 Å². The fourth-order valence-electron chi connectivity index (χ4n) is 1.75. The van der Waals surface area contributed by atoms with E-state index in [1.807, 2.05) is 0 Å². The lowest BCUT2D eigenvalue weighted by Gasteiger charge is -2.15. The summed E-state index contributed by atoms with van der Waals surface area (Å²) in [6, 6.07) is 7.03. The second kappa shape index (κ2) is 7.39. The number of aliphatic hydroxyl groups is 3. The summed E-state index contributed by atoms with van der Waals surface area (Å²) in [6.07, 6.45) is 0.289. The summed E-state index contributed by atoms with van der Waals surface area (Å²) in [7, 11) is 0. The SMILES string of the molecule is OCc1ccc(C(O)CC(O)CSc2ncn[nH]2)cc1. The molecule has 1 heterocycles. The third kappa shape index (κ3) is 4.31. The van der Waals surface area contributed by atoms with Gasteiger partial charge in [-0.2, -0.15) is 5.10 Å². The quantitative estimate of drug-likeness (QED) is 0.565. The number of hydrogen-bond donors (Lipinski definition) is 4. The standard InChI is InChI=1S/C13H17N3O3S/c17-6-9-1-3-10(4-2-9)12(19)5-11(18)7-20-13-14-8-15-16-13/h1-4,8,11-12,17-19H,5-7H2,(H,14,15,16). The lowest BCUT2D eigenvalue weighted by atomic mass is 10.0. The van der Waals surface area contributed by atoms with Crippen molar-refractivity contribution in [2.45, 2.75) is 30.4 Å². The number of H-pyrrole nitrogens is 1. The maximum Gasteiger partial charge on any atom is 0.183 e. The molecule has 0 aliphatic heterocycles. The van der Waals surface area contributed by atoms with E-state index >= 15 is 0 Å². The molecule has 1 aromatic carbocycles. The highest BCUT2D eigenvalue weighted by Crippen LogP contribution is 2.22. The van der Waals surface area contributed by atoms with E-state index in [0.29, 0.717) is 10.9 Å². The average molecular weight is 295 g/mol. The summed E-state index contributed by atoms with van der Waals surface area (Å²) >= 11 is 1.36. The summed E-state index contributed by atoms with van der Waals surface area (Å²) in [5, 5.41) is 36.0. The van der Waals surface area contributed by atoms with Gasteiger partial charge in [-0.3, -0.25) is 5.10 Å². The second-order valence-electron chi connectivity index (χ2n) is 4.41. The Morgan fingerprint density at radius 2 is 1.95 bits per heavy atom. The van der Waals surface area contributed by atoms with Crippen LogP contribution in [0.3, 0.4) is 0 Å². The van der Waals surface area contributed by atoms with E-state index in [1.54, 1.807) is 24.3 Å². The monoisotopic (exact) mass is 295 g/mol. The molecule has 0 aliphatic rings. The van der Waals surface area contributed by atoms with E-state index < -0.39 is 12.2 Å². The number of rotatable bonds is 7. The number of aromatic nitrogens is 3. The largest absolute Gasteiger partial charge is 0.392 e. The van der Waals surface area contributed by atoms with Crippen LogP contribution in [0, 0.1) is 0 Å². The first-order valence-corrected chi connectivity index (χ1v) is 7.21. The van der Waals surface area contributed by atoms with Crippen LogP contribution in [0.1, 0.15) is 23.7 Å². The number of aliphatic hydroxyl groups excluding tert-OH is 3. The van der Waals surface area contributed by atoms with Gasteiger partial charge in [0.15, 0.2) is 5.16 Å². The molecule has 2 aromatic rings. The summed E-state index contributed by atoms with van der Waals surface area (Å²) in [6.45, 7) is -0.0210. The molecule has 0 radical (unpaired) electrons. The zero-order valence-corrected chi connectivity index (χ0v) is 11.6. The highest BCUT2D eigenvalue weighted by atomic mass is 32.2. The summed E-state index contributed by atoms with van der Waals surface area (Å²) in [5.74, 6) is 0.432. The zero-order chi connectivity index (χ0) is 14.4. The number of aromatic amines is 1. The Morgan fingerprint density at radius 3 is 2.55 bits per heavy atom. The number of benzene rings is 1. The predicted octanol–water partition coefficient (Wildman–Crippen LogP) is 0.874. The van der Waals surface area contributed by atoms with Crippen molar-refractivity contribution < 1.29 is 15.3 Å². The molecule has 0 bridgehead atoms. The van der Waals surface area contributed by atoms with Crippen LogP contribution in [-0.2, 0) is 6.61 Å². The molecular weight excluding hydrogens is 278 g/mol. The van der Waals surface area contributed by atoms with E-state index in [-0.39, 0.29) is 13.0 Å². The van der Waals surface area contributed by atoms with Crippen molar-refractivity contribution in [1.29, 1.82) is 0 Å². The van der Waals surface area contributed by atoms with Crippen LogP contribution in [0.2, 0.25) is 0 Å². The topological polar surface area (TPSA) is 102 Å². The van der Waals surface area contributed by atoms with Gasteiger partial charge in [0.2, 0.25) is 0 Å². The van der Waals surface area contributed by atoms with Crippen LogP contribution in [0.4, 0.5) is 0 Å². The molecule has 0 amide bonds. The lowest BCUT2D eigenvalue weighted by molar-refractivity contribution is 0.0930. The highest BCUT2D eigenvalue weighted by Gasteiger charge is 2.14. The van der Waals surface area contributed by atoms with Crippen molar-refractivity contribution in [3.8, 4) is 0 Å². The van der Waals surface area contributed by atoms with Crippen molar-refractivity contribution in [1.82, 2.24) is 15.2 Å². The Balaban J connectivity index is 1.81. The molecule has 7 heteroatoms. The molecule has 2 rings (SSSR count). The molecule has 0 saturated carbocycles. The first-order chi connectivity index (χ1) is 9.69. The second-order valence-corrected chi connectivity index (χ2v) is 5.42. The first-order valence-electron chi connectivity index (χ1n) is 6.23. The van der Waals surface area contributed by atoms with Gasteiger partial charge < -0.3 is 15.3 Å². The van der Waals surface area contributed by atoms with Crippen LogP contribution in [0.25, 0.3) is 0 Å². The van der Waals surface area contributed by atoms with Gasteiger partial charge in [-0.05, 0) is 11.1 Å². The first kappa shape index (κ1) is 15.0. The number of nitrogens with one attached hydrogen (secondary N) is 1. The molecule has 0 aliphatic carbocycles. The minimum absolute atomic E-state index is 0.0210. The summed E-state index contributed by atoms with van der Waals surface area (Å²) in [4.78, 5) is 3.94. The Labute approximate surface area is 120 Å². The van der Waals surface area contributed by atoms with E-state index in [1.165, 1.54) is 18.1 Å². The summed E-state index contributed by atoms with van der Waals surface area (Å²) < 4.78 is 0. The molecule has 2 unspecified atom stereocenters. The number of nitrogens with zero attached hydrogens (tertiary/aromatic N) is 2. The molecule has 0 fully saturated rings. The lowest BCUT2D eigenvalue weighted by Crippen LogP contribution is -2.15. The Kier molecular flexibility index (Phi) is 5.54. The van der Waals surface area contributed by atoms with Gasteiger partial charge in [-0.25, -0.2) is 4.98 Å². The van der Waals surface area contributed by atoms with Gasteiger partial charge in [-0.1, -0.05) is 36.0 Å². The maximum absolute atomic E-state index is 10.0. The summed E-state index contributed by atoms with van der Waals surface area (Å²) in [5.41, 5.74) is 1.52. The molecule has 108 valence electrons. The van der Waals surface area contributed by atoms with Crippen LogP contribution in [0.5, 0.6) is 0 Å². The van der Waals surface area contributed by atoms with E-state index in [0.717, 1.165) is 11.1 Å². The Hall–Kier alpha value is -1.41. The molecule has 1 aromatic heterocycles. The van der Waals surface area contributed by atoms with Crippen molar-refractivity contribution in [3.05, 3.63) is 41.7 Å². The minimum atomic E-state index is -0.729. The molecule has 2 atom stereocenters. The number of hydrogen-bond acceptors (Lipinski definition) is 6. The number of thioether (sulfide) groups is 1. The van der Waals surface area contributed by atoms with Crippen molar-refractivity contribution in [2.75, 3.05) is 5.75 Å². The molecule has 4 N–H and O–H groups in total. The van der Waals surface area contributed by atoms with Gasteiger partial charge >= 0.3 is 0 Å². The third-order valence-corrected chi connectivity index (χ3v) is 3.87. The van der Waals surface area contributed by atoms with Gasteiger partial charge in [0, 0.05) is 12.2 Å². The zero-order valence-electron chi connectivity index (χ0n) is 10.8. The molecular formula is C13H17N3O3S. The van der Waals surface area contributed by atoms with Crippen LogP contribution >= 0.6 is 11.8 Å². The molecule has 20 heavy (non-hydrogen) atoms. The van der Waals surface area contributed by atoms with E-state index in [4.69, 9.17) is 5.11 Å². The molecule has 0 saturated heterocycles. The van der Waals surface area contributed by atoms with Gasteiger partial charge in [0.25, 0.3) is 0 Å². The van der Waals surface area contributed by atoms with Crippen LogP contribution < -0.4 is 0 Å². The smallest absolute Gasteiger partial charge is 0.183 e. The molecule has 0 spiro atoms. The van der Waals surface area contributed by atoms with Gasteiger partial charge in [-0.15, -0.1) is 0 Å². The van der Waals surface area contributed by atoms with Crippen LogP contribution in [-0.4, -0.2) is 42.4 Å². The normalized spacial score (nSPS) is 14.2. The Morgan fingerprint density at radius 1 is 1.20 bits per heavy atom. The highest BCUT2D eigenvalue weighted by molar-refractivity contribution is 7.99. The van der Waals surface area contributed by atoms with Gasteiger partial charge in [0.05, 0.1) is 18.8 Å². The third-order valence-electron chi connectivity index (χ3n) is 2.85. The van der Waals surface area contributed by atoms with Gasteiger partial charge in [0.1, 0.15) is 6.33 Å². The molecule has 6 nitrogen and oxygen atoms in total.